The van der Waals surface area contributed by atoms with Crippen molar-refractivity contribution in [3.63, 3.8) is 0 Å². The number of phenols is 1. The molecule has 110 valence electrons. The summed E-state index contributed by atoms with van der Waals surface area (Å²) in [5.41, 5.74) is 2.75. The molecule has 1 saturated carbocycles. The number of aromatic hydroxyl groups is 1. The summed E-state index contributed by atoms with van der Waals surface area (Å²) in [5.74, 6) is 1.35. The average Bonchev–Trinajstić information content (AvgIpc) is 2.49. The zero-order valence-electron chi connectivity index (χ0n) is 12.4. The zero-order chi connectivity index (χ0) is 13.8. The molecule has 1 atom stereocenters. The van der Waals surface area contributed by atoms with Crippen molar-refractivity contribution < 1.29 is 5.11 Å². The monoisotopic (exact) mass is 273 g/mol. The lowest BCUT2D eigenvalue weighted by Crippen LogP contribution is -2.27. The second-order valence-corrected chi connectivity index (χ2v) is 6.57. The van der Waals surface area contributed by atoms with E-state index in [1.54, 1.807) is 0 Å². The lowest BCUT2D eigenvalue weighted by Gasteiger charge is -2.28. The molecule has 0 bridgehead atoms. The molecule has 2 nitrogen and oxygen atoms in total. The van der Waals surface area contributed by atoms with Crippen molar-refractivity contribution in [2.45, 2.75) is 63.8 Å². The molecule has 1 fully saturated rings. The van der Waals surface area contributed by atoms with Crippen LogP contribution in [0.5, 0.6) is 5.75 Å². The highest BCUT2D eigenvalue weighted by molar-refractivity contribution is 5.38. The molecule has 1 aromatic carbocycles. The van der Waals surface area contributed by atoms with E-state index >= 15 is 0 Å². The second kappa shape index (κ2) is 6.62. The predicted octanol–water partition coefficient (Wildman–Crippen LogP) is 4.33. The standard InChI is InChI=1S/C18H27NO/c20-16-10-9-15-7-4-8-18(17(15)13-16)19-12-11-14-5-2-1-3-6-14/h9-10,13-14,18-20H,1-8,11-12H2. The van der Waals surface area contributed by atoms with Gasteiger partial charge in [-0.3, -0.25) is 0 Å². The Kier molecular flexibility index (Phi) is 4.62. The van der Waals surface area contributed by atoms with Gasteiger partial charge in [0.1, 0.15) is 5.75 Å². The van der Waals surface area contributed by atoms with Gasteiger partial charge in [0.05, 0.1) is 0 Å². The van der Waals surface area contributed by atoms with Crippen LogP contribution in [0, 0.1) is 5.92 Å². The van der Waals surface area contributed by atoms with Gasteiger partial charge in [-0.05, 0) is 61.4 Å². The predicted molar refractivity (Wildman–Crippen MR) is 83.0 cm³/mol. The number of phenolic OH excluding ortho intramolecular Hbond substituents is 1. The van der Waals surface area contributed by atoms with Crippen molar-refractivity contribution in [3.8, 4) is 5.75 Å². The first-order chi connectivity index (χ1) is 9.83. The Morgan fingerprint density at radius 3 is 2.75 bits per heavy atom. The van der Waals surface area contributed by atoms with Crippen molar-refractivity contribution in [3.05, 3.63) is 29.3 Å². The molecule has 1 aromatic rings. The van der Waals surface area contributed by atoms with E-state index in [1.807, 2.05) is 12.1 Å². The van der Waals surface area contributed by atoms with Crippen LogP contribution in [-0.2, 0) is 6.42 Å². The molecule has 0 amide bonds. The maximum Gasteiger partial charge on any atom is 0.115 e. The summed E-state index contributed by atoms with van der Waals surface area (Å²) in [5, 5.41) is 13.4. The Morgan fingerprint density at radius 1 is 1.05 bits per heavy atom. The van der Waals surface area contributed by atoms with Gasteiger partial charge in [0.15, 0.2) is 0 Å². The Labute approximate surface area is 122 Å². The number of nitrogens with one attached hydrogen (secondary N) is 1. The van der Waals surface area contributed by atoms with Gasteiger partial charge < -0.3 is 10.4 Å². The summed E-state index contributed by atoms with van der Waals surface area (Å²) in [7, 11) is 0. The smallest absolute Gasteiger partial charge is 0.115 e. The molecular weight excluding hydrogens is 246 g/mol. The molecule has 0 spiro atoms. The fraction of sp³-hybridized carbons (Fsp3) is 0.667. The molecule has 0 heterocycles. The Hall–Kier alpha value is -1.02. The SMILES string of the molecule is Oc1ccc2c(c1)C(NCCC1CCCCC1)CCC2. The summed E-state index contributed by atoms with van der Waals surface area (Å²) in [6, 6.07) is 6.34. The van der Waals surface area contributed by atoms with Gasteiger partial charge >= 0.3 is 0 Å². The van der Waals surface area contributed by atoms with Crippen molar-refractivity contribution in [2.24, 2.45) is 5.92 Å². The average molecular weight is 273 g/mol. The molecule has 2 heteroatoms. The molecule has 2 aliphatic rings. The summed E-state index contributed by atoms with van der Waals surface area (Å²) < 4.78 is 0. The highest BCUT2D eigenvalue weighted by Crippen LogP contribution is 2.32. The largest absolute Gasteiger partial charge is 0.508 e. The van der Waals surface area contributed by atoms with E-state index in [0.717, 1.165) is 18.9 Å². The Morgan fingerprint density at radius 2 is 1.90 bits per heavy atom. The number of aryl methyl sites for hydroxylation is 1. The third-order valence-electron chi connectivity index (χ3n) is 5.11. The van der Waals surface area contributed by atoms with Crippen LogP contribution in [0.25, 0.3) is 0 Å². The minimum atomic E-state index is 0.407. The minimum absolute atomic E-state index is 0.407. The van der Waals surface area contributed by atoms with Crippen LogP contribution in [0.15, 0.2) is 18.2 Å². The van der Waals surface area contributed by atoms with Crippen LogP contribution in [0.4, 0.5) is 0 Å². The highest BCUT2D eigenvalue weighted by atomic mass is 16.3. The van der Waals surface area contributed by atoms with Gasteiger partial charge in [-0.15, -0.1) is 0 Å². The van der Waals surface area contributed by atoms with Gasteiger partial charge in [-0.2, -0.15) is 0 Å². The van der Waals surface area contributed by atoms with Gasteiger partial charge in [0.25, 0.3) is 0 Å². The van der Waals surface area contributed by atoms with Crippen LogP contribution >= 0.6 is 0 Å². The van der Waals surface area contributed by atoms with E-state index in [0.29, 0.717) is 11.8 Å². The molecular formula is C18H27NO. The first-order valence-corrected chi connectivity index (χ1v) is 8.38. The van der Waals surface area contributed by atoms with E-state index in [4.69, 9.17) is 0 Å². The normalized spacial score (nSPS) is 23.5. The summed E-state index contributed by atoms with van der Waals surface area (Å²) in [6.45, 7) is 1.13. The Bertz CT molecular complexity index is 437. The molecule has 3 rings (SSSR count). The number of benzene rings is 1. The molecule has 2 aliphatic carbocycles. The maximum absolute atomic E-state index is 9.71. The zero-order valence-corrected chi connectivity index (χ0v) is 12.4. The van der Waals surface area contributed by atoms with E-state index in [-0.39, 0.29) is 0 Å². The molecule has 0 aliphatic heterocycles. The van der Waals surface area contributed by atoms with E-state index in [2.05, 4.69) is 11.4 Å². The van der Waals surface area contributed by atoms with Crippen molar-refractivity contribution in [1.82, 2.24) is 5.32 Å². The molecule has 2 N–H and O–H groups in total. The van der Waals surface area contributed by atoms with Crippen LogP contribution in [-0.4, -0.2) is 11.7 Å². The second-order valence-electron chi connectivity index (χ2n) is 6.57. The summed E-state index contributed by atoms with van der Waals surface area (Å²) >= 11 is 0. The fourth-order valence-corrected chi connectivity index (χ4v) is 3.94. The first-order valence-electron chi connectivity index (χ1n) is 8.38. The molecule has 1 unspecified atom stereocenters. The van der Waals surface area contributed by atoms with Gasteiger partial charge in [-0.1, -0.05) is 38.2 Å². The topological polar surface area (TPSA) is 32.3 Å². The molecule has 0 aromatic heterocycles. The number of hydrogen-bond donors (Lipinski definition) is 2. The Balaban J connectivity index is 1.54. The third-order valence-corrected chi connectivity index (χ3v) is 5.11. The van der Waals surface area contributed by atoms with Crippen LogP contribution in [0.3, 0.4) is 0 Å². The summed E-state index contributed by atoms with van der Waals surface area (Å²) in [4.78, 5) is 0. The van der Waals surface area contributed by atoms with Gasteiger partial charge in [0, 0.05) is 6.04 Å². The highest BCUT2D eigenvalue weighted by Gasteiger charge is 2.20. The van der Waals surface area contributed by atoms with Crippen LogP contribution in [0.2, 0.25) is 0 Å². The molecule has 0 radical (unpaired) electrons. The minimum Gasteiger partial charge on any atom is -0.508 e. The van der Waals surface area contributed by atoms with Crippen LogP contribution in [0.1, 0.15) is 68.5 Å². The lowest BCUT2D eigenvalue weighted by atomic mass is 9.85. The van der Waals surface area contributed by atoms with Crippen molar-refractivity contribution in [1.29, 1.82) is 0 Å². The van der Waals surface area contributed by atoms with Crippen LogP contribution < -0.4 is 5.32 Å². The quantitative estimate of drug-likeness (QED) is 0.856. The molecule has 0 saturated heterocycles. The number of fused-ring (bicyclic) bond motifs is 1. The van der Waals surface area contributed by atoms with E-state index in [1.165, 1.54) is 62.5 Å². The van der Waals surface area contributed by atoms with E-state index < -0.39 is 0 Å². The maximum atomic E-state index is 9.71. The van der Waals surface area contributed by atoms with Crippen molar-refractivity contribution >= 4 is 0 Å². The van der Waals surface area contributed by atoms with Gasteiger partial charge in [0.2, 0.25) is 0 Å². The third kappa shape index (κ3) is 3.35. The number of hydrogen-bond acceptors (Lipinski definition) is 2. The van der Waals surface area contributed by atoms with Crippen molar-refractivity contribution in [2.75, 3.05) is 6.54 Å². The molecule has 20 heavy (non-hydrogen) atoms. The number of rotatable bonds is 4. The lowest BCUT2D eigenvalue weighted by molar-refractivity contribution is 0.323. The fourth-order valence-electron chi connectivity index (χ4n) is 3.94. The summed E-state index contributed by atoms with van der Waals surface area (Å²) in [6.07, 6.45) is 12.1. The van der Waals surface area contributed by atoms with Gasteiger partial charge in [-0.25, -0.2) is 0 Å². The first kappa shape index (κ1) is 13.9. The van der Waals surface area contributed by atoms with E-state index in [9.17, 15) is 5.11 Å².